The number of nitrogens with one attached hydrogen (secondary N) is 1. The smallest absolute Gasteiger partial charge is 0.371 e. The quantitative estimate of drug-likeness (QED) is 0.854. The molecule has 0 atom stereocenters. The summed E-state index contributed by atoms with van der Waals surface area (Å²) in [7, 11) is 0. The van der Waals surface area contributed by atoms with Crippen molar-refractivity contribution in [2.45, 2.75) is 32.5 Å². The van der Waals surface area contributed by atoms with Crippen molar-refractivity contribution in [1.29, 1.82) is 0 Å². The van der Waals surface area contributed by atoms with Crippen LogP contribution in [0.3, 0.4) is 0 Å². The highest BCUT2D eigenvalue weighted by atomic mass is 79.9. The van der Waals surface area contributed by atoms with Crippen molar-refractivity contribution in [3.63, 3.8) is 0 Å². The number of hydrogen-bond acceptors (Lipinski definition) is 2. The number of rotatable bonds is 4. The van der Waals surface area contributed by atoms with Crippen molar-refractivity contribution in [1.82, 2.24) is 5.32 Å². The number of halogens is 4. The van der Waals surface area contributed by atoms with E-state index in [1.807, 2.05) is 25.1 Å². The summed E-state index contributed by atoms with van der Waals surface area (Å²) < 4.78 is 39.2. The van der Waals surface area contributed by atoms with E-state index >= 15 is 0 Å². The van der Waals surface area contributed by atoms with E-state index < -0.39 is 12.1 Å². The SMILES string of the molecule is CCNCc1ccc(Br)cc1N1CCC(C(F)(F)F)CC1. The van der Waals surface area contributed by atoms with Crippen LogP contribution in [0.4, 0.5) is 18.9 Å². The van der Waals surface area contributed by atoms with Gasteiger partial charge in [-0.15, -0.1) is 0 Å². The maximum atomic E-state index is 12.7. The van der Waals surface area contributed by atoms with Gasteiger partial charge in [0, 0.05) is 29.8 Å². The topological polar surface area (TPSA) is 15.3 Å². The Kier molecular flexibility index (Phi) is 5.54. The molecule has 1 aliphatic heterocycles. The fraction of sp³-hybridized carbons (Fsp3) is 0.600. The van der Waals surface area contributed by atoms with Gasteiger partial charge in [0.2, 0.25) is 0 Å². The lowest BCUT2D eigenvalue weighted by Gasteiger charge is -2.35. The first-order chi connectivity index (χ1) is 9.91. The Balaban J connectivity index is 2.10. The molecule has 0 unspecified atom stereocenters. The average molecular weight is 365 g/mol. The molecule has 0 bridgehead atoms. The second kappa shape index (κ2) is 7.01. The van der Waals surface area contributed by atoms with Crippen molar-refractivity contribution in [2.24, 2.45) is 5.92 Å². The molecule has 1 fully saturated rings. The van der Waals surface area contributed by atoms with Crippen LogP contribution in [0.15, 0.2) is 22.7 Å². The molecule has 1 aliphatic rings. The maximum absolute atomic E-state index is 12.7. The number of nitrogens with zero attached hydrogens (tertiary/aromatic N) is 1. The average Bonchev–Trinajstić information content (AvgIpc) is 2.45. The number of anilines is 1. The minimum atomic E-state index is -4.06. The second-order valence-electron chi connectivity index (χ2n) is 5.36. The molecular weight excluding hydrogens is 345 g/mol. The van der Waals surface area contributed by atoms with Crippen molar-refractivity contribution in [3.8, 4) is 0 Å². The van der Waals surface area contributed by atoms with E-state index in [-0.39, 0.29) is 12.8 Å². The Bertz CT molecular complexity index is 468. The second-order valence-corrected chi connectivity index (χ2v) is 6.27. The fourth-order valence-corrected chi connectivity index (χ4v) is 3.04. The van der Waals surface area contributed by atoms with E-state index in [4.69, 9.17) is 0 Å². The predicted molar refractivity (Wildman–Crippen MR) is 82.5 cm³/mol. The Morgan fingerprint density at radius 3 is 2.52 bits per heavy atom. The number of piperidine rings is 1. The van der Waals surface area contributed by atoms with Gasteiger partial charge in [-0.25, -0.2) is 0 Å². The lowest BCUT2D eigenvalue weighted by atomic mass is 9.95. The molecule has 2 rings (SSSR count). The highest BCUT2D eigenvalue weighted by molar-refractivity contribution is 9.10. The summed E-state index contributed by atoms with van der Waals surface area (Å²) in [4.78, 5) is 2.07. The largest absolute Gasteiger partial charge is 0.391 e. The van der Waals surface area contributed by atoms with Gasteiger partial charge in [0.25, 0.3) is 0 Å². The van der Waals surface area contributed by atoms with E-state index in [1.165, 1.54) is 0 Å². The summed E-state index contributed by atoms with van der Waals surface area (Å²) in [5.74, 6) is -1.15. The minimum Gasteiger partial charge on any atom is -0.371 e. The number of benzene rings is 1. The molecular formula is C15H20BrF3N2. The normalized spacial score (nSPS) is 17.3. The molecule has 0 aliphatic carbocycles. The van der Waals surface area contributed by atoms with Gasteiger partial charge in [-0.3, -0.25) is 0 Å². The summed E-state index contributed by atoms with van der Waals surface area (Å²) in [6.45, 7) is 4.55. The first-order valence-electron chi connectivity index (χ1n) is 7.22. The van der Waals surface area contributed by atoms with Crippen LogP contribution in [0.5, 0.6) is 0 Å². The van der Waals surface area contributed by atoms with Gasteiger partial charge in [0.15, 0.2) is 0 Å². The van der Waals surface area contributed by atoms with Gasteiger partial charge in [0.1, 0.15) is 0 Å². The molecule has 1 N–H and O–H groups in total. The molecule has 1 aromatic carbocycles. The molecule has 2 nitrogen and oxygen atoms in total. The van der Waals surface area contributed by atoms with E-state index in [0.717, 1.165) is 28.8 Å². The van der Waals surface area contributed by atoms with Crippen molar-refractivity contribution in [2.75, 3.05) is 24.5 Å². The first kappa shape index (κ1) is 16.6. The van der Waals surface area contributed by atoms with Crippen LogP contribution in [0.25, 0.3) is 0 Å². The van der Waals surface area contributed by atoms with E-state index in [0.29, 0.717) is 13.1 Å². The van der Waals surface area contributed by atoms with Crippen LogP contribution < -0.4 is 10.2 Å². The third-order valence-electron chi connectivity index (χ3n) is 3.91. The lowest BCUT2D eigenvalue weighted by molar-refractivity contribution is -0.179. The molecule has 0 saturated carbocycles. The lowest BCUT2D eigenvalue weighted by Crippen LogP contribution is -2.39. The Labute approximate surface area is 131 Å². The summed E-state index contributed by atoms with van der Waals surface area (Å²) in [6, 6.07) is 6.00. The van der Waals surface area contributed by atoms with E-state index in [1.54, 1.807) is 0 Å². The Morgan fingerprint density at radius 1 is 1.29 bits per heavy atom. The van der Waals surface area contributed by atoms with Gasteiger partial charge in [-0.1, -0.05) is 28.9 Å². The van der Waals surface area contributed by atoms with Gasteiger partial charge in [-0.05, 0) is 37.1 Å². The first-order valence-corrected chi connectivity index (χ1v) is 8.02. The molecule has 0 aromatic heterocycles. The van der Waals surface area contributed by atoms with Crippen LogP contribution in [0.1, 0.15) is 25.3 Å². The summed E-state index contributed by atoms with van der Waals surface area (Å²) in [6.07, 6.45) is -3.71. The molecule has 1 heterocycles. The van der Waals surface area contributed by atoms with Gasteiger partial charge in [0.05, 0.1) is 5.92 Å². The van der Waals surface area contributed by atoms with Crippen molar-refractivity contribution in [3.05, 3.63) is 28.2 Å². The zero-order valence-electron chi connectivity index (χ0n) is 12.0. The van der Waals surface area contributed by atoms with Crippen LogP contribution in [0, 0.1) is 5.92 Å². The summed E-state index contributed by atoms with van der Waals surface area (Å²) >= 11 is 3.45. The molecule has 21 heavy (non-hydrogen) atoms. The van der Waals surface area contributed by atoms with Crippen molar-refractivity contribution < 1.29 is 13.2 Å². The molecule has 6 heteroatoms. The van der Waals surface area contributed by atoms with Crippen LogP contribution in [-0.2, 0) is 6.54 Å². The third-order valence-corrected chi connectivity index (χ3v) is 4.40. The van der Waals surface area contributed by atoms with Crippen molar-refractivity contribution >= 4 is 21.6 Å². The highest BCUT2D eigenvalue weighted by Gasteiger charge is 2.41. The van der Waals surface area contributed by atoms with E-state index in [9.17, 15) is 13.2 Å². The van der Waals surface area contributed by atoms with Crippen LogP contribution in [0.2, 0.25) is 0 Å². The zero-order chi connectivity index (χ0) is 15.5. The summed E-state index contributed by atoms with van der Waals surface area (Å²) in [5, 5.41) is 3.27. The summed E-state index contributed by atoms with van der Waals surface area (Å²) in [5.41, 5.74) is 2.16. The van der Waals surface area contributed by atoms with Crippen LogP contribution in [-0.4, -0.2) is 25.8 Å². The molecule has 0 amide bonds. The van der Waals surface area contributed by atoms with Gasteiger partial charge in [-0.2, -0.15) is 13.2 Å². The molecule has 1 saturated heterocycles. The minimum absolute atomic E-state index is 0.177. The number of alkyl halides is 3. The maximum Gasteiger partial charge on any atom is 0.391 e. The molecule has 0 radical (unpaired) electrons. The third kappa shape index (κ3) is 4.36. The monoisotopic (exact) mass is 364 g/mol. The Morgan fingerprint density at radius 2 is 1.95 bits per heavy atom. The Hall–Kier alpha value is -0.750. The molecule has 0 spiro atoms. The fourth-order valence-electron chi connectivity index (χ4n) is 2.69. The van der Waals surface area contributed by atoms with Gasteiger partial charge < -0.3 is 10.2 Å². The van der Waals surface area contributed by atoms with E-state index in [2.05, 4.69) is 26.1 Å². The highest BCUT2D eigenvalue weighted by Crippen LogP contribution is 2.36. The molecule has 1 aromatic rings. The predicted octanol–water partition coefficient (Wildman–Crippen LogP) is 4.34. The van der Waals surface area contributed by atoms with Gasteiger partial charge >= 0.3 is 6.18 Å². The van der Waals surface area contributed by atoms with Crippen LogP contribution >= 0.6 is 15.9 Å². The zero-order valence-corrected chi connectivity index (χ0v) is 13.6. The molecule has 118 valence electrons. The number of hydrogen-bond donors (Lipinski definition) is 1. The standard InChI is InChI=1S/C15H20BrF3N2/c1-2-20-10-11-3-4-13(16)9-14(11)21-7-5-12(6-8-21)15(17,18)19/h3-4,9,12,20H,2,5-8,10H2,1H3.